The van der Waals surface area contributed by atoms with E-state index in [1.54, 1.807) is 6.20 Å². The van der Waals surface area contributed by atoms with Gasteiger partial charge in [0.1, 0.15) is 6.04 Å². The maximum atomic E-state index is 14.1. The average molecular weight is 684 g/mol. The second-order valence-electron chi connectivity index (χ2n) is 15.5. The standard InChI is InChI=1S/C37H57N5O5S/c1-23(2)32(42(36(46)47)21-28-19-38-35(48-28)24(3)4)34(45)39-29(17-25-13-9-8-10-14-25)31(43)22-41-20-27-16-12-11-15-26(27)18-30(41)33(44)40-37(5,6)7/h8-10,13-14,19,23-24,26-27,29-32,43H,11-12,15-18,20-22H2,1-7H3,(H,39,45)(H,40,44)(H,46,47)/t26-,27+,29-,30-,31+,32-/m0/s1. The van der Waals surface area contributed by atoms with Gasteiger partial charge in [-0.1, -0.05) is 77.3 Å². The fraction of sp³-hybridized carbons (Fsp3) is 0.676. The van der Waals surface area contributed by atoms with Crippen molar-refractivity contribution in [2.45, 2.75) is 129 Å². The highest BCUT2D eigenvalue weighted by atomic mass is 32.1. The Hall–Kier alpha value is -3.02. The first-order valence-corrected chi connectivity index (χ1v) is 18.5. The van der Waals surface area contributed by atoms with E-state index < -0.39 is 30.2 Å². The summed E-state index contributed by atoms with van der Waals surface area (Å²) in [6, 6.07) is 7.62. The quantitative estimate of drug-likeness (QED) is 0.214. The fourth-order valence-electron chi connectivity index (χ4n) is 7.33. The van der Waals surface area contributed by atoms with Crippen molar-refractivity contribution < 1.29 is 24.6 Å². The van der Waals surface area contributed by atoms with E-state index >= 15 is 0 Å². The summed E-state index contributed by atoms with van der Waals surface area (Å²) in [6.07, 6.45) is 5.24. The highest BCUT2D eigenvalue weighted by Gasteiger charge is 2.42. The fourth-order valence-corrected chi connectivity index (χ4v) is 8.25. The molecule has 6 atom stereocenters. The molecule has 3 amide bonds. The topological polar surface area (TPSA) is 135 Å². The van der Waals surface area contributed by atoms with E-state index in [2.05, 4.69) is 20.5 Å². The lowest BCUT2D eigenvalue weighted by Crippen LogP contribution is -2.61. The lowest BCUT2D eigenvalue weighted by molar-refractivity contribution is -0.134. The number of aliphatic hydroxyl groups excluding tert-OH is 1. The number of nitrogens with one attached hydrogen (secondary N) is 2. The third-order valence-corrected chi connectivity index (χ3v) is 11.0. The number of carbonyl (C=O) groups excluding carboxylic acids is 2. The average Bonchev–Trinajstić information content (AvgIpc) is 3.48. The second kappa shape index (κ2) is 16.6. The predicted octanol–water partition coefficient (Wildman–Crippen LogP) is 5.65. The number of hydrogen-bond donors (Lipinski definition) is 4. The van der Waals surface area contributed by atoms with Crippen molar-refractivity contribution in [2.24, 2.45) is 17.8 Å². The summed E-state index contributed by atoms with van der Waals surface area (Å²) in [5, 5.41) is 29.4. The molecule has 4 N–H and O–H groups in total. The molecule has 48 heavy (non-hydrogen) atoms. The number of amides is 3. The third kappa shape index (κ3) is 10.2. The molecule has 4 rings (SSSR count). The molecule has 2 fully saturated rings. The number of fused-ring (bicyclic) bond motifs is 1. The van der Waals surface area contributed by atoms with Crippen LogP contribution in [0.2, 0.25) is 0 Å². The zero-order chi connectivity index (χ0) is 35.2. The monoisotopic (exact) mass is 683 g/mol. The van der Waals surface area contributed by atoms with Crippen LogP contribution in [0.5, 0.6) is 0 Å². The zero-order valence-corrected chi connectivity index (χ0v) is 30.6. The molecule has 1 saturated heterocycles. The van der Waals surface area contributed by atoms with Gasteiger partial charge in [-0.3, -0.25) is 19.4 Å². The maximum Gasteiger partial charge on any atom is 0.408 e. The van der Waals surface area contributed by atoms with Crippen LogP contribution >= 0.6 is 11.3 Å². The van der Waals surface area contributed by atoms with Crippen LogP contribution in [0.4, 0.5) is 4.79 Å². The Kier molecular flexibility index (Phi) is 13.1. The van der Waals surface area contributed by atoms with Crippen molar-refractivity contribution in [3.05, 3.63) is 52.0 Å². The Labute approximate surface area is 290 Å². The molecule has 11 heteroatoms. The zero-order valence-electron chi connectivity index (χ0n) is 29.8. The van der Waals surface area contributed by atoms with Gasteiger partial charge in [-0.15, -0.1) is 11.3 Å². The maximum absolute atomic E-state index is 14.1. The van der Waals surface area contributed by atoms with Crippen molar-refractivity contribution in [1.29, 1.82) is 0 Å². The Bertz CT molecular complexity index is 1360. The molecule has 266 valence electrons. The summed E-state index contributed by atoms with van der Waals surface area (Å²) >= 11 is 1.46. The molecule has 2 heterocycles. The van der Waals surface area contributed by atoms with Gasteiger partial charge in [0.05, 0.1) is 29.7 Å². The van der Waals surface area contributed by atoms with Gasteiger partial charge in [-0.25, -0.2) is 9.78 Å². The molecule has 0 bridgehead atoms. The summed E-state index contributed by atoms with van der Waals surface area (Å²) in [7, 11) is 0. The summed E-state index contributed by atoms with van der Waals surface area (Å²) in [5.41, 5.74) is 0.559. The van der Waals surface area contributed by atoms with Crippen LogP contribution in [0.1, 0.15) is 102 Å². The number of hydrogen-bond acceptors (Lipinski definition) is 7. The molecule has 1 aromatic carbocycles. The van der Waals surface area contributed by atoms with E-state index in [0.29, 0.717) is 18.3 Å². The summed E-state index contributed by atoms with van der Waals surface area (Å²) in [6.45, 7) is 14.7. The van der Waals surface area contributed by atoms with Crippen molar-refractivity contribution in [2.75, 3.05) is 13.1 Å². The van der Waals surface area contributed by atoms with Gasteiger partial charge < -0.3 is 20.8 Å². The Morgan fingerprint density at radius 1 is 1.06 bits per heavy atom. The Morgan fingerprint density at radius 2 is 1.73 bits per heavy atom. The lowest BCUT2D eigenvalue weighted by atomic mass is 9.72. The van der Waals surface area contributed by atoms with Crippen molar-refractivity contribution >= 4 is 29.2 Å². The normalized spacial score (nSPS) is 22.1. The molecule has 1 aliphatic heterocycles. The molecule has 2 aliphatic rings. The largest absolute Gasteiger partial charge is 0.465 e. The number of β-amino-alcohol motifs (C(OH)–C–C–N with tert-alkyl or cyclic N) is 1. The van der Waals surface area contributed by atoms with Gasteiger partial charge in [0, 0.05) is 35.6 Å². The minimum Gasteiger partial charge on any atom is -0.465 e. The number of thiazole rings is 1. The predicted molar refractivity (Wildman–Crippen MR) is 190 cm³/mol. The highest BCUT2D eigenvalue weighted by molar-refractivity contribution is 7.11. The van der Waals surface area contributed by atoms with Crippen molar-refractivity contribution in [3.8, 4) is 0 Å². The van der Waals surface area contributed by atoms with E-state index in [1.807, 2.05) is 78.8 Å². The van der Waals surface area contributed by atoms with E-state index in [9.17, 15) is 24.6 Å². The molecule has 1 aromatic heterocycles. The summed E-state index contributed by atoms with van der Waals surface area (Å²) in [5.74, 6) is 0.381. The molecular formula is C37H57N5O5S. The molecule has 2 aromatic rings. The highest BCUT2D eigenvalue weighted by Crippen LogP contribution is 2.39. The molecule has 1 aliphatic carbocycles. The number of piperidine rings is 1. The first-order valence-electron chi connectivity index (χ1n) is 17.7. The Morgan fingerprint density at radius 3 is 2.31 bits per heavy atom. The molecule has 1 saturated carbocycles. The van der Waals surface area contributed by atoms with Gasteiger partial charge in [0.15, 0.2) is 0 Å². The van der Waals surface area contributed by atoms with E-state index in [-0.39, 0.29) is 42.4 Å². The summed E-state index contributed by atoms with van der Waals surface area (Å²) in [4.78, 5) is 48.9. The van der Waals surface area contributed by atoms with Crippen LogP contribution < -0.4 is 10.6 Å². The first kappa shape index (κ1) is 37.8. The third-order valence-electron chi connectivity index (χ3n) is 9.69. The summed E-state index contributed by atoms with van der Waals surface area (Å²) < 4.78 is 0. The number of carboxylic acid groups (broad SMARTS) is 1. The van der Waals surface area contributed by atoms with Crippen LogP contribution in [0.3, 0.4) is 0 Å². The van der Waals surface area contributed by atoms with Gasteiger partial charge in [-0.05, 0) is 63.4 Å². The number of aliphatic hydroxyl groups is 1. The van der Waals surface area contributed by atoms with Crippen molar-refractivity contribution in [3.63, 3.8) is 0 Å². The number of nitrogens with zero attached hydrogens (tertiary/aromatic N) is 3. The lowest BCUT2D eigenvalue weighted by Gasteiger charge is -2.47. The van der Waals surface area contributed by atoms with E-state index in [4.69, 9.17) is 0 Å². The Balaban J connectivity index is 1.58. The van der Waals surface area contributed by atoms with Gasteiger partial charge in [0.2, 0.25) is 11.8 Å². The smallest absolute Gasteiger partial charge is 0.408 e. The molecule has 10 nitrogen and oxygen atoms in total. The minimum absolute atomic E-state index is 0.0250. The SMILES string of the molecule is CC(C)c1ncc(CN(C(=O)O)[C@H](C(=O)N[C@@H](Cc2ccccc2)[C@H](O)CN2C[C@H]3CCCC[C@H]3C[C@H]2C(=O)NC(C)(C)C)C(C)C)s1. The van der Waals surface area contributed by atoms with Gasteiger partial charge >= 0.3 is 6.09 Å². The molecule has 0 unspecified atom stereocenters. The molecular weight excluding hydrogens is 627 g/mol. The number of carbonyl (C=O) groups is 3. The van der Waals surface area contributed by atoms with Crippen LogP contribution in [0.25, 0.3) is 0 Å². The second-order valence-corrected chi connectivity index (χ2v) is 16.7. The van der Waals surface area contributed by atoms with Gasteiger partial charge in [0.25, 0.3) is 0 Å². The van der Waals surface area contributed by atoms with E-state index in [1.165, 1.54) is 29.1 Å². The minimum atomic E-state index is -1.19. The number of likely N-dealkylation sites (tertiary alicyclic amines) is 1. The van der Waals surface area contributed by atoms with E-state index in [0.717, 1.165) is 41.3 Å². The molecule has 0 spiro atoms. The van der Waals surface area contributed by atoms with Crippen molar-refractivity contribution in [1.82, 2.24) is 25.4 Å². The number of aromatic nitrogens is 1. The number of rotatable bonds is 13. The van der Waals surface area contributed by atoms with Gasteiger partial charge in [-0.2, -0.15) is 0 Å². The first-order chi connectivity index (χ1) is 22.6. The number of benzene rings is 1. The van der Waals surface area contributed by atoms with Crippen LogP contribution in [0.15, 0.2) is 36.5 Å². The van der Waals surface area contributed by atoms with Crippen LogP contribution in [0, 0.1) is 17.8 Å². The van der Waals surface area contributed by atoms with Crippen LogP contribution in [-0.2, 0) is 22.6 Å². The molecule has 0 radical (unpaired) electrons. The van der Waals surface area contributed by atoms with Crippen LogP contribution in [-0.4, -0.2) is 85.8 Å².